The van der Waals surface area contributed by atoms with E-state index in [-0.39, 0.29) is 0 Å². The molecule has 1 nitrogen and oxygen atoms in total. The van der Waals surface area contributed by atoms with Crippen LogP contribution in [0.4, 0.5) is 0 Å². The van der Waals surface area contributed by atoms with Crippen LogP contribution in [0.15, 0.2) is 29.3 Å². The summed E-state index contributed by atoms with van der Waals surface area (Å²) < 4.78 is 0. The van der Waals surface area contributed by atoms with Crippen molar-refractivity contribution in [2.24, 2.45) is 10.9 Å². The zero-order valence-electron chi connectivity index (χ0n) is 6.96. The zero-order chi connectivity index (χ0) is 7.98. The van der Waals surface area contributed by atoms with E-state index in [2.05, 4.69) is 25.4 Å². The first kappa shape index (κ1) is 9.15. The van der Waals surface area contributed by atoms with Gasteiger partial charge in [0.15, 0.2) is 0 Å². The maximum Gasteiger partial charge on any atom is 0.0277 e. The molecule has 0 aromatic carbocycles. The Morgan fingerprint density at radius 3 is 2.40 bits per heavy atom. The molecule has 0 atom stereocenters. The predicted molar refractivity (Wildman–Crippen MR) is 47.5 cm³/mol. The lowest BCUT2D eigenvalue weighted by molar-refractivity contribution is 0.806. The SMILES string of the molecule is C=CC=C(C=NC)C(C)C. The molecule has 0 heterocycles. The van der Waals surface area contributed by atoms with E-state index in [0.717, 1.165) is 0 Å². The highest BCUT2D eigenvalue weighted by Gasteiger charge is 1.96. The molecule has 0 aliphatic heterocycles. The van der Waals surface area contributed by atoms with Gasteiger partial charge in [-0.2, -0.15) is 0 Å². The van der Waals surface area contributed by atoms with Gasteiger partial charge in [0.1, 0.15) is 0 Å². The van der Waals surface area contributed by atoms with Crippen LogP contribution in [-0.2, 0) is 0 Å². The van der Waals surface area contributed by atoms with Crippen LogP contribution in [0.25, 0.3) is 0 Å². The van der Waals surface area contributed by atoms with Crippen LogP contribution in [0, 0.1) is 5.92 Å². The van der Waals surface area contributed by atoms with E-state index in [0.29, 0.717) is 5.92 Å². The van der Waals surface area contributed by atoms with Gasteiger partial charge in [0, 0.05) is 13.3 Å². The third kappa shape index (κ3) is 3.23. The number of allylic oxidation sites excluding steroid dienone is 3. The summed E-state index contributed by atoms with van der Waals surface area (Å²) in [6, 6.07) is 0. The van der Waals surface area contributed by atoms with Crippen molar-refractivity contribution >= 4 is 6.21 Å². The first-order valence-corrected chi connectivity index (χ1v) is 3.47. The topological polar surface area (TPSA) is 12.4 Å². The van der Waals surface area contributed by atoms with E-state index >= 15 is 0 Å². The normalized spacial score (nSPS) is 13.0. The maximum absolute atomic E-state index is 3.93. The van der Waals surface area contributed by atoms with Crippen molar-refractivity contribution in [1.82, 2.24) is 0 Å². The summed E-state index contributed by atoms with van der Waals surface area (Å²) in [4.78, 5) is 3.93. The molecule has 0 aromatic heterocycles. The van der Waals surface area contributed by atoms with Crippen LogP contribution in [0.1, 0.15) is 13.8 Å². The molecule has 56 valence electrons. The van der Waals surface area contributed by atoms with E-state index in [9.17, 15) is 0 Å². The van der Waals surface area contributed by atoms with Crippen LogP contribution in [0.5, 0.6) is 0 Å². The van der Waals surface area contributed by atoms with Crippen molar-refractivity contribution in [3.63, 3.8) is 0 Å². The maximum atomic E-state index is 3.93. The van der Waals surface area contributed by atoms with E-state index < -0.39 is 0 Å². The van der Waals surface area contributed by atoms with Crippen LogP contribution in [0.3, 0.4) is 0 Å². The molecular formula is C9H15N. The lowest BCUT2D eigenvalue weighted by Gasteiger charge is -2.02. The van der Waals surface area contributed by atoms with Gasteiger partial charge in [-0.3, -0.25) is 4.99 Å². The molecule has 0 saturated heterocycles. The molecule has 0 unspecified atom stereocenters. The third-order valence-corrected chi connectivity index (χ3v) is 1.26. The standard InChI is InChI=1S/C9H15N/c1-5-6-9(7-10-4)8(2)3/h5-8H,1H2,2-4H3. The number of aliphatic imine (C=N–C) groups is 1. The largest absolute Gasteiger partial charge is 0.296 e. The van der Waals surface area contributed by atoms with Gasteiger partial charge in [-0.15, -0.1) is 0 Å². The van der Waals surface area contributed by atoms with Gasteiger partial charge in [-0.1, -0.05) is 32.6 Å². The Balaban J connectivity index is 4.25. The van der Waals surface area contributed by atoms with E-state index in [1.807, 2.05) is 12.3 Å². The van der Waals surface area contributed by atoms with Crippen LogP contribution < -0.4 is 0 Å². The third-order valence-electron chi connectivity index (χ3n) is 1.26. The van der Waals surface area contributed by atoms with Crippen molar-refractivity contribution in [2.45, 2.75) is 13.8 Å². The summed E-state index contributed by atoms with van der Waals surface area (Å²) in [7, 11) is 1.78. The van der Waals surface area contributed by atoms with Crippen molar-refractivity contribution < 1.29 is 0 Å². The first-order chi connectivity index (χ1) is 4.72. The highest BCUT2D eigenvalue weighted by Crippen LogP contribution is 2.05. The molecule has 1 heteroatoms. The van der Waals surface area contributed by atoms with E-state index in [1.54, 1.807) is 13.1 Å². The van der Waals surface area contributed by atoms with Gasteiger partial charge in [-0.05, 0) is 11.5 Å². The highest BCUT2D eigenvalue weighted by molar-refractivity contribution is 5.79. The van der Waals surface area contributed by atoms with Crippen LogP contribution in [0.2, 0.25) is 0 Å². The quantitative estimate of drug-likeness (QED) is 0.418. The van der Waals surface area contributed by atoms with Gasteiger partial charge in [0.2, 0.25) is 0 Å². The Morgan fingerprint density at radius 2 is 2.10 bits per heavy atom. The monoisotopic (exact) mass is 137 g/mol. The number of hydrogen-bond donors (Lipinski definition) is 0. The Bertz CT molecular complexity index is 152. The summed E-state index contributed by atoms with van der Waals surface area (Å²) >= 11 is 0. The fourth-order valence-corrected chi connectivity index (χ4v) is 0.670. The van der Waals surface area contributed by atoms with Crippen molar-refractivity contribution in [3.8, 4) is 0 Å². The van der Waals surface area contributed by atoms with Gasteiger partial charge in [-0.25, -0.2) is 0 Å². The molecule has 0 aliphatic carbocycles. The average Bonchev–Trinajstić information content (AvgIpc) is 1.87. The minimum Gasteiger partial charge on any atom is -0.296 e. The summed E-state index contributed by atoms with van der Waals surface area (Å²) in [6.45, 7) is 7.90. The molecule has 0 radical (unpaired) electrons. The number of rotatable bonds is 3. The molecule has 10 heavy (non-hydrogen) atoms. The highest BCUT2D eigenvalue weighted by atomic mass is 14.6. The van der Waals surface area contributed by atoms with Crippen molar-refractivity contribution in [2.75, 3.05) is 7.05 Å². The molecule has 0 bridgehead atoms. The van der Waals surface area contributed by atoms with E-state index in [1.165, 1.54) is 5.57 Å². The minimum atomic E-state index is 0.529. The first-order valence-electron chi connectivity index (χ1n) is 3.47. The molecule has 0 fully saturated rings. The summed E-state index contributed by atoms with van der Waals surface area (Å²) in [6.07, 6.45) is 5.64. The summed E-state index contributed by atoms with van der Waals surface area (Å²) in [5.74, 6) is 0.529. The summed E-state index contributed by atoms with van der Waals surface area (Å²) in [5.41, 5.74) is 1.22. The average molecular weight is 137 g/mol. The van der Waals surface area contributed by atoms with E-state index in [4.69, 9.17) is 0 Å². The van der Waals surface area contributed by atoms with Crippen LogP contribution in [-0.4, -0.2) is 13.3 Å². The lowest BCUT2D eigenvalue weighted by atomic mass is 10.0. The molecule has 0 N–H and O–H groups in total. The predicted octanol–water partition coefficient (Wildman–Crippen LogP) is 2.46. The van der Waals surface area contributed by atoms with Gasteiger partial charge in [0.25, 0.3) is 0 Å². The second-order valence-electron chi connectivity index (χ2n) is 2.44. The Morgan fingerprint density at radius 1 is 1.50 bits per heavy atom. The Hall–Kier alpha value is -0.850. The molecule has 0 aromatic rings. The minimum absolute atomic E-state index is 0.529. The summed E-state index contributed by atoms with van der Waals surface area (Å²) in [5, 5.41) is 0. The van der Waals surface area contributed by atoms with Crippen LogP contribution >= 0.6 is 0 Å². The smallest absolute Gasteiger partial charge is 0.0277 e. The second kappa shape index (κ2) is 4.98. The van der Waals surface area contributed by atoms with Crippen molar-refractivity contribution in [1.29, 1.82) is 0 Å². The van der Waals surface area contributed by atoms with Gasteiger partial charge in [0.05, 0.1) is 0 Å². The zero-order valence-corrected chi connectivity index (χ0v) is 6.96. The molecule has 0 rings (SSSR count). The molecule has 0 aliphatic rings. The second-order valence-corrected chi connectivity index (χ2v) is 2.44. The molecular weight excluding hydrogens is 122 g/mol. The lowest BCUT2D eigenvalue weighted by Crippen LogP contribution is -1.94. The molecule has 0 spiro atoms. The number of nitrogens with zero attached hydrogens (tertiary/aromatic N) is 1. The van der Waals surface area contributed by atoms with Crippen molar-refractivity contribution in [3.05, 3.63) is 24.3 Å². The van der Waals surface area contributed by atoms with Gasteiger partial charge >= 0.3 is 0 Å². The number of hydrogen-bond acceptors (Lipinski definition) is 1. The molecule has 0 saturated carbocycles. The fourth-order valence-electron chi connectivity index (χ4n) is 0.670. The fraction of sp³-hybridized carbons (Fsp3) is 0.444. The van der Waals surface area contributed by atoms with Gasteiger partial charge < -0.3 is 0 Å². The molecule has 0 amide bonds. The Labute approximate surface area is 63.2 Å². The Kier molecular flexibility index (Phi) is 4.55.